The number of rotatable bonds is 3. The molecule has 0 aliphatic carbocycles. The van der Waals surface area contributed by atoms with Crippen LogP contribution in [0.3, 0.4) is 0 Å². The van der Waals surface area contributed by atoms with Gasteiger partial charge in [-0.05, 0) is 12.1 Å². The highest BCUT2D eigenvalue weighted by Gasteiger charge is 2.37. The van der Waals surface area contributed by atoms with E-state index in [0.717, 1.165) is 0 Å². The van der Waals surface area contributed by atoms with Crippen LogP contribution in [0.15, 0.2) is 24.3 Å². The molecule has 6 heteroatoms. The average Bonchev–Trinajstić information content (AvgIpc) is 2.30. The van der Waals surface area contributed by atoms with E-state index in [0.29, 0.717) is 24.5 Å². The predicted molar refractivity (Wildman–Crippen MR) is 71.7 cm³/mol. The summed E-state index contributed by atoms with van der Waals surface area (Å²) < 4.78 is 0. The minimum atomic E-state index is -0.822. The van der Waals surface area contributed by atoms with Crippen LogP contribution in [0.4, 0.5) is 16.2 Å². The van der Waals surface area contributed by atoms with Crippen molar-refractivity contribution in [1.82, 2.24) is 4.90 Å². The number of carboxylic acids is 1. The summed E-state index contributed by atoms with van der Waals surface area (Å²) in [5.74, 6) is -1.22. The third kappa shape index (κ3) is 2.78. The number of nitrogens with one attached hydrogen (secondary N) is 1. The van der Waals surface area contributed by atoms with E-state index in [1.54, 1.807) is 36.1 Å². The maximum Gasteiger partial charge on any atom is 0.321 e. The maximum absolute atomic E-state index is 11.9. The first-order valence-electron chi connectivity index (χ1n) is 6.12. The summed E-state index contributed by atoms with van der Waals surface area (Å²) in [5, 5.41) is 11.6. The summed E-state index contributed by atoms with van der Waals surface area (Å²) in [6.07, 6.45) is 0. The molecule has 1 aliphatic heterocycles. The van der Waals surface area contributed by atoms with Gasteiger partial charge in [0.15, 0.2) is 0 Å². The Morgan fingerprint density at radius 3 is 2.63 bits per heavy atom. The van der Waals surface area contributed by atoms with Crippen molar-refractivity contribution in [2.24, 2.45) is 11.8 Å². The van der Waals surface area contributed by atoms with Crippen molar-refractivity contribution in [2.75, 3.05) is 24.1 Å². The molecule has 1 unspecified atom stereocenters. The van der Waals surface area contributed by atoms with Gasteiger partial charge in [0, 0.05) is 19.0 Å². The number of carboxylic acid groups (broad SMARTS) is 1. The number of hydrogen-bond donors (Lipinski definition) is 3. The minimum Gasteiger partial charge on any atom is -0.481 e. The third-order valence-electron chi connectivity index (χ3n) is 3.50. The molecule has 0 aromatic heterocycles. The number of aliphatic carboxylic acids is 1. The van der Waals surface area contributed by atoms with E-state index >= 15 is 0 Å². The molecule has 6 nitrogen and oxygen atoms in total. The van der Waals surface area contributed by atoms with Gasteiger partial charge in [0.25, 0.3) is 0 Å². The maximum atomic E-state index is 11.9. The van der Waals surface area contributed by atoms with Gasteiger partial charge < -0.3 is 21.1 Å². The number of carbonyl (C=O) groups excluding carboxylic acids is 1. The number of carbonyl (C=O) groups is 2. The smallest absolute Gasteiger partial charge is 0.321 e. The molecule has 1 aromatic carbocycles. The number of hydrogen-bond acceptors (Lipinski definition) is 3. The van der Waals surface area contributed by atoms with Crippen molar-refractivity contribution in [3.8, 4) is 0 Å². The molecular formula is C13H17N3O3. The van der Waals surface area contributed by atoms with Crippen LogP contribution in [0.5, 0.6) is 0 Å². The largest absolute Gasteiger partial charge is 0.481 e. The van der Waals surface area contributed by atoms with E-state index in [1.165, 1.54) is 0 Å². The summed E-state index contributed by atoms with van der Waals surface area (Å²) in [6, 6.07) is 6.77. The predicted octanol–water partition coefficient (Wildman–Crippen LogP) is 1.45. The zero-order chi connectivity index (χ0) is 14.0. The first-order chi connectivity index (χ1) is 8.99. The summed E-state index contributed by atoms with van der Waals surface area (Å²) in [7, 11) is 0. The number of amides is 2. The van der Waals surface area contributed by atoms with Crippen molar-refractivity contribution in [3.63, 3.8) is 0 Å². The average molecular weight is 263 g/mol. The summed E-state index contributed by atoms with van der Waals surface area (Å²) in [5.41, 5.74) is 6.81. The zero-order valence-corrected chi connectivity index (χ0v) is 10.7. The third-order valence-corrected chi connectivity index (χ3v) is 3.50. The highest BCUT2D eigenvalue weighted by atomic mass is 16.4. The molecule has 0 bridgehead atoms. The Morgan fingerprint density at radius 1 is 1.42 bits per heavy atom. The standard InChI is InChI=1S/C13H17N3O3/c1-8(12(17)18)9-6-16(7-9)13(19)15-11-5-3-2-4-10(11)14/h2-5,8-9H,6-7,14H2,1H3,(H,15,19)(H,17,18). The number of anilines is 2. The van der Waals surface area contributed by atoms with Gasteiger partial charge in [-0.15, -0.1) is 0 Å². The fourth-order valence-corrected chi connectivity index (χ4v) is 2.00. The van der Waals surface area contributed by atoms with Crippen molar-refractivity contribution < 1.29 is 14.7 Å². The van der Waals surface area contributed by atoms with Crippen molar-refractivity contribution >= 4 is 23.4 Å². The molecule has 2 rings (SSSR count). The lowest BCUT2D eigenvalue weighted by Crippen LogP contribution is -2.54. The van der Waals surface area contributed by atoms with Crippen LogP contribution < -0.4 is 11.1 Å². The molecule has 0 spiro atoms. The fourth-order valence-electron chi connectivity index (χ4n) is 2.00. The first kappa shape index (κ1) is 13.2. The molecule has 1 atom stereocenters. The summed E-state index contributed by atoms with van der Waals surface area (Å²) >= 11 is 0. The highest BCUT2D eigenvalue weighted by Crippen LogP contribution is 2.25. The van der Waals surface area contributed by atoms with Gasteiger partial charge >= 0.3 is 12.0 Å². The van der Waals surface area contributed by atoms with Crippen LogP contribution in [-0.2, 0) is 4.79 Å². The molecule has 1 fully saturated rings. The lowest BCUT2D eigenvalue weighted by molar-refractivity contribution is -0.144. The molecule has 19 heavy (non-hydrogen) atoms. The topological polar surface area (TPSA) is 95.7 Å². The second-order valence-corrected chi connectivity index (χ2v) is 4.81. The first-order valence-corrected chi connectivity index (χ1v) is 6.12. The van der Waals surface area contributed by atoms with Crippen LogP contribution >= 0.6 is 0 Å². The number of para-hydroxylation sites is 2. The monoisotopic (exact) mass is 263 g/mol. The Labute approximate surface area is 111 Å². The molecule has 4 N–H and O–H groups in total. The van der Waals surface area contributed by atoms with Gasteiger partial charge in [-0.3, -0.25) is 4.79 Å². The number of nitrogens with zero attached hydrogens (tertiary/aromatic N) is 1. The van der Waals surface area contributed by atoms with E-state index in [1.807, 2.05) is 0 Å². The van der Waals surface area contributed by atoms with Gasteiger partial charge in [-0.25, -0.2) is 4.79 Å². The Kier molecular flexibility index (Phi) is 3.59. The van der Waals surface area contributed by atoms with E-state index in [2.05, 4.69) is 5.32 Å². The van der Waals surface area contributed by atoms with Gasteiger partial charge in [0.1, 0.15) is 0 Å². The van der Waals surface area contributed by atoms with Crippen LogP contribution in [-0.4, -0.2) is 35.1 Å². The molecule has 1 heterocycles. The second kappa shape index (κ2) is 5.17. The van der Waals surface area contributed by atoms with Gasteiger partial charge in [-0.1, -0.05) is 19.1 Å². The molecule has 0 radical (unpaired) electrons. The van der Waals surface area contributed by atoms with Gasteiger partial charge in [0.2, 0.25) is 0 Å². The van der Waals surface area contributed by atoms with Crippen LogP contribution in [0.1, 0.15) is 6.92 Å². The number of nitrogens with two attached hydrogens (primary N) is 1. The van der Waals surface area contributed by atoms with Gasteiger partial charge in [-0.2, -0.15) is 0 Å². The zero-order valence-electron chi connectivity index (χ0n) is 10.7. The van der Waals surface area contributed by atoms with Crippen molar-refractivity contribution in [2.45, 2.75) is 6.92 Å². The normalized spacial score (nSPS) is 16.6. The molecular weight excluding hydrogens is 246 g/mol. The summed E-state index contributed by atoms with van der Waals surface area (Å²) in [4.78, 5) is 24.3. The van der Waals surface area contributed by atoms with Gasteiger partial charge in [0.05, 0.1) is 17.3 Å². The number of benzene rings is 1. The van der Waals surface area contributed by atoms with Crippen molar-refractivity contribution in [3.05, 3.63) is 24.3 Å². The van der Waals surface area contributed by atoms with E-state index in [4.69, 9.17) is 10.8 Å². The fraction of sp³-hybridized carbons (Fsp3) is 0.385. The van der Waals surface area contributed by atoms with E-state index in [-0.39, 0.29) is 11.9 Å². The quantitative estimate of drug-likeness (QED) is 0.719. The molecule has 2 amide bonds. The Bertz CT molecular complexity index is 498. The molecule has 0 saturated carbocycles. The number of nitrogen functional groups attached to an aromatic ring is 1. The highest BCUT2D eigenvalue weighted by molar-refractivity contribution is 5.93. The van der Waals surface area contributed by atoms with Crippen molar-refractivity contribution in [1.29, 1.82) is 0 Å². The van der Waals surface area contributed by atoms with E-state index in [9.17, 15) is 9.59 Å². The van der Waals surface area contributed by atoms with Crippen LogP contribution in [0.25, 0.3) is 0 Å². The second-order valence-electron chi connectivity index (χ2n) is 4.81. The molecule has 1 aliphatic rings. The lowest BCUT2D eigenvalue weighted by Gasteiger charge is -2.41. The van der Waals surface area contributed by atoms with Crippen LogP contribution in [0.2, 0.25) is 0 Å². The molecule has 1 aromatic rings. The number of urea groups is 1. The molecule has 102 valence electrons. The van der Waals surface area contributed by atoms with Crippen LogP contribution in [0, 0.1) is 11.8 Å². The Hall–Kier alpha value is -2.24. The van der Waals surface area contributed by atoms with E-state index < -0.39 is 11.9 Å². The Balaban J connectivity index is 1.87. The number of likely N-dealkylation sites (tertiary alicyclic amines) is 1. The molecule has 1 saturated heterocycles. The summed E-state index contributed by atoms with van der Waals surface area (Å²) in [6.45, 7) is 2.59. The Morgan fingerprint density at radius 2 is 2.05 bits per heavy atom. The SMILES string of the molecule is CC(C(=O)O)C1CN(C(=O)Nc2ccccc2N)C1. The lowest BCUT2D eigenvalue weighted by atomic mass is 9.87. The minimum absolute atomic E-state index is 0.0244.